The zero-order chi connectivity index (χ0) is 27.2. The number of hydrogen-bond donors (Lipinski definition) is 3. The number of phenolic OH excluding ortho intramolecular Hbond substituents is 1. The van der Waals surface area contributed by atoms with Crippen LogP contribution in [0.2, 0.25) is 0 Å². The molecule has 0 heterocycles. The standard InChI is InChI=1S/C29H39F5O3/c1-3-27-15-14-18-16-20(35)10-11-21(18)25(27)19(17-26(2)22(27)12-13-23(26)36)8-6-4-5-7-9-24(37)28(30,31)29(32,33)34/h3,10-11,16,19,22-25,35-37H,1,4-9,12-15,17H2,2H3/t19-,22+,23-,24-,25+,26-,27?/m0/s1. The third-order valence-corrected chi connectivity index (χ3v) is 9.96. The molecule has 3 N–H and O–H groups in total. The monoisotopic (exact) mass is 530 g/mol. The molecule has 0 spiro atoms. The predicted octanol–water partition coefficient (Wildman–Crippen LogP) is 7.29. The van der Waals surface area contributed by atoms with Crippen molar-refractivity contribution < 1.29 is 37.3 Å². The number of fused-ring (bicyclic) bond motifs is 5. The minimum atomic E-state index is -5.75. The molecule has 0 radical (unpaired) electrons. The van der Waals surface area contributed by atoms with E-state index in [1.54, 1.807) is 6.07 Å². The van der Waals surface area contributed by atoms with Gasteiger partial charge in [0.25, 0.3) is 0 Å². The lowest BCUT2D eigenvalue weighted by Gasteiger charge is -2.60. The van der Waals surface area contributed by atoms with E-state index in [4.69, 9.17) is 0 Å². The molecule has 0 aliphatic heterocycles. The van der Waals surface area contributed by atoms with Crippen LogP contribution in [0.4, 0.5) is 22.0 Å². The molecule has 0 aromatic heterocycles. The van der Waals surface area contributed by atoms with Gasteiger partial charge in [-0.05, 0) is 96.8 Å². The lowest BCUT2D eigenvalue weighted by atomic mass is 9.44. The maximum Gasteiger partial charge on any atom is 0.456 e. The van der Waals surface area contributed by atoms with Crippen LogP contribution in [0.5, 0.6) is 5.75 Å². The summed E-state index contributed by atoms with van der Waals surface area (Å²) >= 11 is 0. The van der Waals surface area contributed by atoms with Crippen molar-refractivity contribution >= 4 is 0 Å². The topological polar surface area (TPSA) is 60.7 Å². The lowest BCUT2D eigenvalue weighted by molar-refractivity contribution is -0.313. The van der Waals surface area contributed by atoms with Gasteiger partial charge < -0.3 is 15.3 Å². The second-order valence-electron chi connectivity index (χ2n) is 11.9. The number of halogens is 5. The molecule has 0 saturated heterocycles. The minimum Gasteiger partial charge on any atom is -0.508 e. The van der Waals surface area contributed by atoms with Crippen molar-refractivity contribution in [2.75, 3.05) is 0 Å². The van der Waals surface area contributed by atoms with Crippen LogP contribution in [0.25, 0.3) is 0 Å². The summed E-state index contributed by atoms with van der Waals surface area (Å²) < 4.78 is 63.9. The van der Waals surface area contributed by atoms with Crippen molar-refractivity contribution in [1.82, 2.24) is 0 Å². The molecule has 3 aliphatic rings. The SMILES string of the molecule is C=CC12CCc3cc(O)ccc3[C@H]1[C@@H](CCCCCC[C@H](O)C(F)(F)C(F)(F)F)C[C@]1(C)[C@@H](O)CC[C@@H]21. The molecule has 208 valence electrons. The number of unbranched alkanes of at least 4 members (excludes halogenated alkanes) is 3. The van der Waals surface area contributed by atoms with Gasteiger partial charge in [0.05, 0.1) is 6.10 Å². The number of hydrogen-bond acceptors (Lipinski definition) is 3. The van der Waals surface area contributed by atoms with Gasteiger partial charge in [-0.1, -0.05) is 44.7 Å². The number of aryl methyl sites for hydroxylation is 1. The molecule has 1 aromatic rings. The molecule has 8 heteroatoms. The van der Waals surface area contributed by atoms with E-state index in [-0.39, 0.29) is 40.9 Å². The third kappa shape index (κ3) is 4.81. The zero-order valence-corrected chi connectivity index (χ0v) is 21.4. The number of rotatable bonds is 9. The third-order valence-electron chi connectivity index (χ3n) is 9.96. The van der Waals surface area contributed by atoms with Crippen molar-refractivity contribution in [3.8, 4) is 5.75 Å². The summed E-state index contributed by atoms with van der Waals surface area (Å²) in [5, 5.41) is 30.5. The number of alkyl halides is 5. The fourth-order valence-corrected chi connectivity index (χ4v) is 8.16. The Labute approximate surface area is 215 Å². The molecule has 0 amide bonds. The summed E-state index contributed by atoms with van der Waals surface area (Å²) in [6.07, 6.45) is -0.170. The first-order valence-corrected chi connectivity index (χ1v) is 13.5. The molecule has 1 aromatic carbocycles. The first kappa shape index (κ1) is 28.3. The van der Waals surface area contributed by atoms with Crippen LogP contribution in [0.15, 0.2) is 30.9 Å². The molecular formula is C29H39F5O3. The second-order valence-corrected chi connectivity index (χ2v) is 11.9. The maximum atomic E-state index is 13.3. The molecule has 2 fully saturated rings. The first-order chi connectivity index (χ1) is 17.3. The lowest BCUT2D eigenvalue weighted by Crippen LogP contribution is -2.54. The van der Waals surface area contributed by atoms with Gasteiger partial charge in [-0.2, -0.15) is 22.0 Å². The summed E-state index contributed by atoms with van der Waals surface area (Å²) in [6.45, 7) is 6.47. The van der Waals surface area contributed by atoms with Crippen molar-refractivity contribution in [2.24, 2.45) is 22.7 Å². The molecule has 3 aliphatic carbocycles. The number of aromatic hydroxyl groups is 1. The molecule has 7 atom stereocenters. The average Bonchev–Trinajstić information content (AvgIpc) is 3.14. The second kappa shape index (κ2) is 10.1. The number of benzene rings is 1. The van der Waals surface area contributed by atoms with Crippen LogP contribution in [-0.2, 0) is 6.42 Å². The van der Waals surface area contributed by atoms with Gasteiger partial charge in [-0.3, -0.25) is 0 Å². The first-order valence-electron chi connectivity index (χ1n) is 13.5. The predicted molar refractivity (Wildman–Crippen MR) is 131 cm³/mol. The largest absolute Gasteiger partial charge is 0.508 e. The van der Waals surface area contributed by atoms with E-state index in [0.717, 1.165) is 50.5 Å². The molecule has 37 heavy (non-hydrogen) atoms. The molecule has 1 unspecified atom stereocenters. The Hall–Kier alpha value is -1.67. The Morgan fingerprint density at radius 3 is 2.49 bits per heavy atom. The summed E-state index contributed by atoms with van der Waals surface area (Å²) in [6, 6.07) is 5.60. The van der Waals surface area contributed by atoms with Crippen LogP contribution < -0.4 is 0 Å². The Balaban J connectivity index is 1.46. The summed E-state index contributed by atoms with van der Waals surface area (Å²) in [7, 11) is 0. The Morgan fingerprint density at radius 2 is 1.81 bits per heavy atom. The Morgan fingerprint density at radius 1 is 1.11 bits per heavy atom. The van der Waals surface area contributed by atoms with Crippen molar-refractivity contribution in [3.05, 3.63) is 42.0 Å². The minimum absolute atomic E-state index is 0.0954. The van der Waals surface area contributed by atoms with Gasteiger partial charge in [0, 0.05) is 0 Å². The van der Waals surface area contributed by atoms with Crippen LogP contribution in [-0.4, -0.2) is 39.6 Å². The van der Waals surface area contributed by atoms with Gasteiger partial charge in [-0.25, -0.2) is 0 Å². The van der Waals surface area contributed by atoms with E-state index in [9.17, 15) is 37.3 Å². The Bertz CT molecular complexity index is 979. The fourth-order valence-electron chi connectivity index (χ4n) is 8.16. The van der Waals surface area contributed by atoms with E-state index in [1.807, 2.05) is 12.1 Å². The van der Waals surface area contributed by atoms with Gasteiger partial charge in [0.2, 0.25) is 0 Å². The van der Waals surface area contributed by atoms with Gasteiger partial charge >= 0.3 is 12.1 Å². The van der Waals surface area contributed by atoms with Crippen LogP contribution in [0.1, 0.15) is 88.2 Å². The van der Waals surface area contributed by atoms with Gasteiger partial charge in [0.1, 0.15) is 11.9 Å². The fraction of sp³-hybridized carbons (Fsp3) is 0.724. The zero-order valence-electron chi connectivity index (χ0n) is 21.4. The smallest absolute Gasteiger partial charge is 0.456 e. The molecule has 2 saturated carbocycles. The normalized spacial score (nSPS) is 34.4. The van der Waals surface area contributed by atoms with Gasteiger partial charge in [-0.15, -0.1) is 6.58 Å². The van der Waals surface area contributed by atoms with Crippen LogP contribution in [0, 0.1) is 22.7 Å². The summed E-state index contributed by atoms with van der Waals surface area (Å²) in [4.78, 5) is 0. The van der Waals surface area contributed by atoms with Crippen LogP contribution in [0.3, 0.4) is 0 Å². The summed E-state index contributed by atoms with van der Waals surface area (Å²) in [5.41, 5.74) is 1.99. The molecule has 0 bridgehead atoms. The highest BCUT2D eigenvalue weighted by atomic mass is 19.4. The van der Waals surface area contributed by atoms with E-state index in [1.165, 1.54) is 5.56 Å². The Kier molecular flexibility index (Phi) is 7.77. The molecule has 3 nitrogen and oxygen atoms in total. The highest BCUT2D eigenvalue weighted by Crippen LogP contribution is 2.69. The van der Waals surface area contributed by atoms with Gasteiger partial charge in [0.15, 0.2) is 0 Å². The quantitative estimate of drug-likeness (QED) is 0.179. The highest BCUT2D eigenvalue weighted by molar-refractivity contribution is 5.43. The van der Waals surface area contributed by atoms with Crippen molar-refractivity contribution in [1.29, 1.82) is 0 Å². The van der Waals surface area contributed by atoms with E-state index >= 15 is 0 Å². The summed E-state index contributed by atoms with van der Waals surface area (Å²) in [5.74, 6) is -4.09. The van der Waals surface area contributed by atoms with E-state index < -0.39 is 24.6 Å². The highest BCUT2D eigenvalue weighted by Gasteiger charge is 2.63. The van der Waals surface area contributed by atoms with Crippen LogP contribution >= 0.6 is 0 Å². The van der Waals surface area contributed by atoms with Crippen molar-refractivity contribution in [3.63, 3.8) is 0 Å². The average molecular weight is 531 g/mol. The number of aliphatic hydroxyl groups excluding tert-OH is 2. The maximum absolute atomic E-state index is 13.3. The molecular weight excluding hydrogens is 491 g/mol. The number of phenols is 1. The number of allylic oxidation sites excluding steroid dienone is 1. The number of aliphatic hydroxyl groups is 2. The van der Waals surface area contributed by atoms with Crippen molar-refractivity contribution in [2.45, 2.75) is 108 Å². The van der Waals surface area contributed by atoms with E-state index in [2.05, 4.69) is 19.6 Å². The molecule has 4 rings (SSSR count). The van der Waals surface area contributed by atoms with E-state index in [0.29, 0.717) is 18.8 Å².